The third kappa shape index (κ3) is 4.36. The molecule has 5 aromatic rings. The third-order valence-electron chi connectivity index (χ3n) is 5.75. The Morgan fingerprint density at radius 2 is 1.89 bits per heavy atom. The molecule has 0 radical (unpaired) electrons. The number of ether oxygens (including phenoxy) is 1. The maximum atomic E-state index is 14.1. The van der Waals surface area contributed by atoms with E-state index in [1.54, 1.807) is 42.0 Å². The fourth-order valence-corrected chi connectivity index (χ4v) is 4.26. The van der Waals surface area contributed by atoms with Crippen molar-refractivity contribution in [3.05, 3.63) is 99.8 Å². The first-order valence-electron chi connectivity index (χ1n) is 10.8. The predicted octanol–water partition coefficient (Wildman–Crippen LogP) is 4.84. The summed E-state index contributed by atoms with van der Waals surface area (Å²) in [5.41, 5.74) is 2.08. The van der Waals surface area contributed by atoms with Gasteiger partial charge in [-0.15, -0.1) is 0 Å². The van der Waals surface area contributed by atoms with E-state index >= 15 is 0 Å². The minimum absolute atomic E-state index is 0.180. The van der Waals surface area contributed by atoms with Gasteiger partial charge in [-0.05, 0) is 48.0 Å². The standard InChI is InChI=1S/C26H20ClFN4O3/c1-35-18-9-6-16(7-10-18)13-31-15-29-24-19-12-17(28)8-11-22(19)32(25(24)26(31)34)14-23(33)30-21-5-3-2-4-20(21)27/h2-12,15H,13-14H2,1H3,(H,30,33). The number of hydrogen-bond donors (Lipinski definition) is 1. The zero-order valence-corrected chi connectivity index (χ0v) is 19.4. The normalized spacial score (nSPS) is 11.2. The van der Waals surface area contributed by atoms with Gasteiger partial charge >= 0.3 is 0 Å². The van der Waals surface area contributed by atoms with Crippen LogP contribution < -0.4 is 15.6 Å². The fourth-order valence-electron chi connectivity index (χ4n) is 4.07. The molecule has 0 saturated carbocycles. The number of methoxy groups -OCH3 is 1. The van der Waals surface area contributed by atoms with E-state index in [0.29, 0.717) is 32.9 Å². The molecule has 2 heterocycles. The lowest BCUT2D eigenvalue weighted by Crippen LogP contribution is -2.25. The van der Waals surface area contributed by atoms with Crippen LogP contribution in [0.25, 0.3) is 21.9 Å². The van der Waals surface area contributed by atoms with Crippen LogP contribution >= 0.6 is 11.6 Å². The summed E-state index contributed by atoms with van der Waals surface area (Å²) < 4.78 is 22.3. The SMILES string of the molecule is COc1ccc(Cn2cnc3c4cc(F)ccc4n(CC(=O)Nc4ccccc4Cl)c3c2=O)cc1. The van der Waals surface area contributed by atoms with Crippen LogP contribution in [0.5, 0.6) is 5.75 Å². The Bertz CT molecular complexity index is 1630. The van der Waals surface area contributed by atoms with Crippen molar-refractivity contribution >= 4 is 45.1 Å². The van der Waals surface area contributed by atoms with Gasteiger partial charge in [-0.1, -0.05) is 35.9 Å². The summed E-state index contributed by atoms with van der Waals surface area (Å²) in [4.78, 5) is 30.9. The summed E-state index contributed by atoms with van der Waals surface area (Å²) >= 11 is 6.17. The van der Waals surface area contributed by atoms with Gasteiger partial charge in [0.2, 0.25) is 5.91 Å². The van der Waals surface area contributed by atoms with E-state index in [2.05, 4.69) is 10.3 Å². The molecule has 35 heavy (non-hydrogen) atoms. The number of carbonyl (C=O) groups is 1. The van der Waals surface area contributed by atoms with Crippen LogP contribution in [-0.2, 0) is 17.9 Å². The van der Waals surface area contributed by atoms with Gasteiger partial charge < -0.3 is 14.6 Å². The Kier molecular flexibility index (Phi) is 5.96. The van der Waals surface area contributed by atoms with Crippen molar-refractivity contribution in [2.24, 2.45) is 0 Å². The summed E-state index contributed by atoms with van der Waals surface area (Å²) in [6.45, 7) is 0.0911. The summed E-state index contributed by atoms with van der Waals surface area (Å²) in [5.74, 6) is -0.131. The summed E-state index contributed by atoms with van der Waals surface area (Å²) in [5, 5.41) is 3.62. The molecule has 1 N–H and O–H groups in total. The van der Waals surface area contributed by atoms with Crippen molar-refractivity contribution in [2.45, 2.75) is 13.1 Å². The highest BCUT2D eigenvalue weighted by Crippen LogP contribution is 2.27. The number of carbonyl (C=O) groups excluding carboxylic acids is 1. The van der Waals surface area contributed by atoms with E-state index in [4.69, 9.17) is 16.3 Å². The fraction of sp³-hybridized carbons (Fsp3) is 0.115. The van der Waals surface area contributed by atoms with E-state index in [-0.39, 0.29) is 30.1 Å². The molecule has 3 aromatic carbocycles. The third-order valence-corrected chi connectivity index (χ3v) is 6.08. The number of hydrogen-bond acceptors (Lipinski definition) is 4. The number of aromatic nitrogens is 3. The molecular weight excluding hydrogens is 471 g/mol. The van der Waals surface area contributed by atoms with E-state index < -0.39 is 5.82 Å². The van der Waals surface area contributed by atoms with Gasteiger partial charge in [0, 0.05) is 5.39 Å². The first kappa shape index (κ1) is 22.6. The number of nitrogens with zero attached hydrogens (tertiary/aromatic N) is 3. The molecule has 5 rings (SSSR count). The van der Waals surface area contributed by atoms with Crippen molar-refractivity contribution < 1.29 is 13.9 Å². The number of halogens is 2. The predicted molar refractivity (Wildman–Crippen MR) is 134 cm³/mol. The van der Waals surface area contributed by atoms with Gasteiger partial charge in [0.15, 0.2) is 0 Å². The van der Waals surface area contributed by atoms with E-state index in [1.165, 1.54) is 23.0 Å². The highest BCUT2D eigenvalue weighted by Gasteiger charge is 2.19. The van der Waals surface area contributed by atoms with Crippen molar-refractivity contribution in [3.63, 3.8) is 0 Å². The Hall–Kier alpha value is -4.17. The van der Waals surface area contributed by atoms with E-state index in [0.717, 1.165) is 5.56 Å². The zero-order chi connectivity index (χ0) is 24.5. The second kappa shape index (κ2) is 9.23. The number of anilines is 1. The molecule has 0 saturated heterocycles. The van der Waals surface area contributed by atoms with Gasteiger partial charge in [-0.2, -0.15) is 0 Å². The number of fused-ring (bicyclic) bond motifs is 3. The molecule has 9 heteroatoms. The molecule has 2 aromatic heterocycles. The number of benzene rings is 3. The Morgan fingerprint density at radius 3 is 2.63 bits per heavy atom. The van der Waals surface area contributed by atoms with Gasteiger partial charge in [0.25, 0.3) is 5.56 Å². The smallest absolute Gasteiger partial charge is 0.278 e. The van der Waals surface area contributed by atoms with Crippen molar-refractivity contribution in [2.75, 3.05) is 12.4 Å². The molecule has 0 aliphatic heterocycles. The lowest BCUT2D eigenvalue weighted by molar-refractivity contribution is -0.116. The highest BCUT2D eigenvalue weighted by molar-refractivity contribution is 6.33. The minimum Gasteiger partial charge on any atom is -0.497 e. The van der Waals surface area contributed by atoms with Crippen LogP contribution in [0.4, 0.5) is 10.1 Å². The first-order valence-corrected chi connectivity index (χ1v) is 11.2. The average molecular weight is 491 g/mol. The second-order valence-electron chi connectivity index (χ2n) is 8.00. The Morgan fingerprint density at radius 1 is 1.11 bits per heavy atom. The lowest BCUT2D eigenvalue weighted by atomic mass is 10.2. The Balaban J connectivity index is 1.59. The molecule has 0 unspecified atom stereocenters. The number of rotatable bonds is 6. The van der Waals surface area contributed by atoms with Crippen LogP contribution in [0.15, 0.2) is 77.9 Å². The maximum absolute atomic E-state index is 14.1. The molecule has 0 aliphatic carbocycles. The monoisotopic (exact) mass is 490 g/mol. The van der Waals surface area contributed by atoms with Gasteiger partial charge in [-0.25, -0.2) is 9.37 Å². The van der Waals surface area contributed by atoms with E-state index in [9.17, 15) is 14.0 Å². The summed E-state index contributed by atoms with van der Waals surface area (Å²) in [7, 11) is 1.58. The van der Waals surface area contributed by atoms with Crippen molar-refractivity contribution in [1.29, 1.82) is 0 Å². The van der Waals surface area contributed by atoms with Gasteiger partial charge in [-0.3, -0.25) is 14.2 Å². The number of amides is 1. The molecule has 0 aliphatic rings. The van der Waals surface area contributed by atoms with Crippen LogP contribution in [0.1, 0.15) is 5.56 Å². The number of para-hydroxylation sites is 1. The van der Waals surface area contributed by atoms with E-state index in [1.807, 2.05) is 24.3 Å². The van der Waals surface area contributed by atoms with Crippen molar-refractivity contribution in [1.82, 2.24) is 14.1 Å². The Labute approximate surface area is 204 Å². The number of nitrogens with one attached hydrogen (secondary N) is 1. The van der Waals surface area contributed by atoms with Crippen LogP contribution in [0.3, 0.4) is 0 Å². The molecule has 0 spiro atoms. The van der Waals surface area contributed by atoms with Crippen LogP contribution in [0.2, 0.25) is 5.02 Å². The molecule has 0 atom stereocenters. The summed E-state index contributed by atoms with van der Waals surface area (Å²) in [6, 6.07) is 18.4. The second-order valence-corrected chi connectivity index (χ2v) is 8.41. The molecule has 0 fully saturated rings. The molecule has 0 bridgehead atoms. The lowest BCUT2D eigenvalue weighted by Gasteiger charge is -2.11. The molecular formula is C26H20ClFN4O3. The zero-order valence-electron chi connectivity index (χ0n) is 18.7. The van der Waals surface area contributed by atoms with Crippen molar-refractivity contribution in [3.8, 4) is 5.75 Å². The first-order chi connectivity index (χ1) is 16.9. The minimum atomic E-state index is -0.457. The van der Waals surface area contributed by atoms with Gasteiger partial charge in [0.05, 0.1) is 36.2 Å². The molecule has 176 valence electrons. The van der Waals surface area contributed by atoms with Gasteiger partial charge in [0.1, 0.15) is 29.1 Å². The molecule has 7 nitrogen and oxygen atoms in total. The topological polar surface area (TPSA) is 78.2 Å². The quantitative estimate of drug-likeness (QED) is 0.369. The molecule has 1 amide bonds. The summed E-state index contributed by atoms with van der Waals surface area (Å²) in [6.07, 6.45) is 1.44. The maximum Gasteiger partial charge on any atom is 0.278 e. The van der Waals surface area contributed by atoms with Crippen LogP contribution in [0, 0.1) is 5.82 Å². The highest BCUT2D eigenvalue weighted by atomic mass is 35.5. The largest absolute Gasteiger partial charge is 0.497 e. The average Bonchev–Trinajstić information content (AvgIpc) is 3.15. The van der Waals surface area contributed by atoms with Crippen LogP contribution in [-0.4, -0.2) is 27.1 Å².